The predicted molar refractivity (Wildman–Crippen MR) is 116 cm³/mol. The topological polar surface area (TPSA) is 65.4 Å². The number of aryl methyl sites for hydroxylation is 1. The van der Waals surface area contributed by atoms with Gasteiger partial charge in [-0.25, -0.2) is 9.48 Å². The van der Waals surface area contributed by atoms with Crippen LogP contribution in [0.2, 0.25) is 0 Å². The largest absolute Gasteiger partial charge is 0.497 e. The molecule has 2 heterocycles. The van der Waals surface area contributed by atoms with Crippen molar-refractivity contribution in [3.63, 3.8) is 0 Å². The molecule has 3 aromatic rings. The third-order valence-corrected chi connectivity index (χ3v) is 5.30. The fourth-order valence-electron chi connectivity index (χ4n) is 3.94. The second kappa shape index (κ2) is 8.06. The molecular formula is C24H25N3O3. The Balaban J connectivity index is 1.91. The van der Waals surface area contributed by atoms with Gasteiger partial charge in [0, 0.05) is 11.3 Å². The molecule has 2 aromatic carbocycles. The summed E-state index contributed by atoms with van der Waals surface area (Å²) in [4.78, 5) is 12.9. The SMILES string of the molecule is CCOC(=O)C1=C(C)Nc2c(-c3ccccc3)c(C)nn2[C@@H]1c1ccc(OC)cc1. The van der Waals surface area contributed by atoms with Crippen molar-refractivity contribution >= 4 is 11.8 Å². The second-order valence-electron chi connectivity index (χ2n) is 7.18. The van der Waals surface area contributed by atoms with Gasteiger partial charge in [0.15, 0.2) is 0 Å². The third kappa shape index (κ3) is 3.34. The summed E-state index contributed by atoms with van der Waals surface area (Å²) in [5.41, 5.74) is 5.24. The molecule has 0 fully saturated rings. The highest BCUT2D eigenvalue weighted by atomic mass is 16.5. The Hall–Kier alpha value is -3.54. The van der Waals surface area contributed by atoms with Crippen LogP contribution in [0.1, 0.15) is 31.1 Å². The Morgan fingerprint density at radius 1 is 1.10 bits per heavy atom. The molecular weight excluding hydrogens is 378 g/mol. The lowest BCUT2D eigenvalue weighted by molar-refractivity contribution is -0.139. The van der Waals surface area contributed by atoms with Crippen LogP contribution in [-0.2, 0) is 9.53 Å². The average molecular weight is 403 g/mol. The molecule has 0 aliphatic carbocycles. The molecule has 0 spiro atoms. The minimum Gasteiger partial charge on any atom is -0.497 e. The first-order chi connectivity index (χ1) is 14.5. The van der Waals surface area contributed by atoms with Crippen molar-refractivity contribution in [1.29, 1.82) is 0 Å². The number of ether oxygens (including phenoxy) is 2. The van der Waals surface area contributed by atoms with Crippen LogP contribution < -0.4 is 10.1 Å². The van der Waals surface area contributed by atoms with Crippen molar-refractivity contribution in [3.8, 4) is 16.9 Å². The predicted octanol–water partition coefficient (Wildman–Crippen LogP) is 4.72. The lowest BCUT2D eigenvalue weighted by Gasteiger charge is -2.30. The summed E-state index contributed by atoms with van der Waals surface area (Å²) in [6.45, 7) is 6.01. The van der Waals surface area contributed by atoms with Gasteiger partial charge in [-0.3, -0.25) is 0 Å². The van der Waals surface area contributed by atoms with Gasteiger partial charge < -0.3 is 14.8 Å². The number of hydrogen-bond acceptors (Lipinski definition) is 5. The Morgan fingerprint density at radius 2 is 1.80 bits per heavy atom. The first-order valence-electron chi connectivity index (χ1n) is 9.98. The van der Waals surface area contributed by atoms with Gasteiger partial charge in [-0.15, -0.1) is 0 Å². The lowest BCUT2D eigenvalue weighted by atomic mass is 9.94. The van der Waals surface area contributed by atoms with Gasteiger partial charge >= 0.3 is 5.97 Å². The number of rotatable bonds is 5. The number of carbonyl (C=O) groups excluding carboxylic acids is 1. The summed E-state index contributed by atoms with van der Waals surface area (Å²) in [7, 11) is 1.63. The summed E-state index contributed by atoms with van der Waals surface area (Å²) >= 11 is 0. The zero-order valence-corrected chi connectivity index (χ0v) is 17.6. The van der Waals surface area contributed by atoms with Crippen molar-refractivity contribution in [2.45, 2.75) is 26.8 Å². The maximum absolute atomic E-state index is 12.9. The number of allylic oxidation sites excluding steroid dienone is 1. The van der Waals surface area contributed by atoms with Gasteiger partial charge in [0.2, 0.25) is 0 Å². The molecule has 1 N–H and O–H groups in total. The zero-order valence-electron chi connectivity index (χ0n) is 17.6. The van der Waals surface area contributed by atoms with E-state index in [1.165, 1.54) is 0 Å². The number of nitrogens with one attached hydrogen (secondary N) is 1. The number of benzene rings is 2. The molecule has 6 nitrogen and oxygen atoms in total. The number of anilines is 1. The number of fused-ring (bicyclic) bond motifs is 1. The fourth-order valence-corrected chi connectivity index (χ4v) is 3.94. The van der Waals surface area contributed by atoms with E-state index in [9.17, 15) is 4.79 Å². The molecule has 0 bridgehead atoms. The number of methoxy groups -OCH3 is 1. The van der Waals surface area contributed by atoms with Gasteiger partial charge in [-0.05, 0) is 44.0 Å². The van der Waals surface area contributed by atoms with Crippen LogP contribution in [0.15, 0.2) is 65.9 Å². The summed E-state index contributed by atoms with van der Waals surface area (Å²) in [6, 6.07) is 17.4. The van der Waals surface area contributed by atoms with E-state index in [4.69, 9.17) is 14.6 Å². The van der Waals surface area contributed by atoms with Crippen LogP contribution in [0.25, 0.3) is 11.1 Å². The molecule has 4 rings (SSSR count). The van der Waals surface area contributed by atoms with E-state index < -0.39 is 6.04 Å². The minimum absolute atomic E-state index is 0.311. The van der Waals surface area contributed by atoms with Gasteiger partial charge in [-0.1, -0.05) is 42.5 Å². The minimum atomic E-state index is -0.401. The van der Waals surface area contributed by atoms with Crippen molar-refractivity contribution < 1.29 is 14.3 Å². The van der Waals surface area contributed by atoms with E-state index in [-0.39, 0.29) is 5.97 Å². The standard InChI is InChI=1S/C24H25N3O3/c1-5-30-24(28)21-15(2)25-23-20(17-9-7-6-8-10-17)16(3)26-27(23)22(21)18-11-13-19(29-4)14-12-18/h6-14,22,25H,5H2,1-4H3/t22-/m1/s1. The third-order valence-electron chi connectivity index (χ3n) is 5.30. The second-order valence-corrected chi connectivity index (χ2v) is 7.18. The van der Waals surface area contributed by atoms with E-state index in [2.05, 4.69) is 17.4 Å². The smallest absolute Gasteiger partial charge is 0.338 e. The van der Waals surface area contributed by atoms with Gasteiger partial charge in [0.05, 0.1) is 25.0 Å². The molecule has 154 valence electrons. The van der Waals surface area contributed by atoms with E-state index in [0.717, 1.165) is 39.6 Å². The fraction of sp³-hybridized carbons (Fsp3) is 0.250. The van der Waals surface area contributed by atoms with Crippen LogP contribution in [-0.4, -0.2) is 29.5 Å². The average Bonchev–Trinajstić information content (AvgIpc) is 3.08. The highest BCUT2D eigenvalue weighted by Gasteiger charge is 2.36. The van der Waals surface area contributed by atoms with Crippen LogP contribution in [0.3, 0.4) is 0 Å². The maximum atomic E-state index is 12.9. The van der Waals surface area contributed by atoms with Gasteiger partial charge in [-0.2, -0.15) is 5.10 Å². The molecule has 1 aliphatic rings. The first-order valence-corrected chi connectivity index (χ1v) is 9.98. The quantitative estimate of drug-likeness (QED) is 0.625. The van der Waals surface area contributed by atoms with Gasteiger partial charge in [0.25, 0.3) is 0 Å². The van der Waals surface area contributed by atoms with E-state index >= 15 is 0 Å². The summed E-state index contributed by atoms with van der Waals surface area (Å²) in [5, 5.41) is 8.25. The summed E-state index contributed by atoms with van der Waals surface area (Å²) in [6.07, 6.45) is 0. The number of hydrogen-bond donors (Lipinski definition) is 1. The number of esters is 1. The summed E-state index contributed by atoms with van der Waals surface area (Å²) in [5.74, 6) is 1.28. The molecule has 0 saturated heterocycles. The van der Waals surface area contributed by atoms with Crippen LogP contribution in [0, 0.1) is 6.92 Å². The number of nitrogens with zero attached hydrogens (tertiary/aromatic N) is 2. The van der Waals surface area contributed by atoms with Crippen molar-refractivity contribution in [2.75, 3.05) is 19.0 Å². The molecule has 6 heteroatoms. The zero-order chi connectivity index (χ0) is 21.3. The van der Waals surface area contributed by atoms with E-state index in [1.807, 2.05) is 67.9 Å². The monoisotopic (exact) mass is 403 g/mol. The highest BCUT2D eigenvalue weighted by Crippen LogP contribution is 2.42. The molecule has 0 unspecified atom stereocenters. The number of aromatic nitrogens is 2. The molecule has 0 radical (unpaired) electrons. The molecule has 1 atom stereocenters. The van der Waals surface area contributed by atoms with E-state index in [1.54, 1.807) is 7.11 Å². The van der Waals surface area contributed by atoms with Crippen molar-refractivity contribution in [1.82, 2.24) is 9.78 Å². The molecule has 1 aliphatic heterocycles. The lowest BCUT2D eigenvalue weighted by Crippen LogP contribution is -2.29. The number of carbonyl (C=O) groups is 1. The molecule has 0 amide bonds. The molecule has 1 aromatic heterocycles. The van der Waals surface area contributed by atoms with E-state index in [0.29, 0.717) is 12.2 Å². The molecule has 0 saturated carbocycles. The maximum Gasteiger partial charge on any atom is 0.338 e. The van der Waals surface area contributed by atoms with Crippen LogP contribution in [0.5, 0.6) is 5.75 Å². The Morgan fingerprint density at radius 3 is 2.43 bits per heavy atom. The first kappa shape index (κ1) is 19.8. The van der Waals surface area contributed by atoms with Gasteiger partial charge in [0.1, 0.15) is 17.6 Å². The Labute approximate surface area is 176 Å². The Bertz CT molecular complexity index is 1100. The highest BCUT2D eigenvalue weighted by molar-refractivity contribution is 5.93. The Kier molecular flexibility index (Phi) is 5.31. The van der Waals surface area contributed by atoms with Crippen LogP contribution in [0.4, 0.5) is 5.82 Å². The molecule has 30 heavy (non-hydrogen) atoms. The van der Waals surface area contributed by atoms with Crippen LogP contribution >= 0.6 is 0 Å². The summed E-state index contributed by atoms with van der Waals surface area (Å²) < 4.78 is 12.6. The van der Waals surface area contributed by atoms with Crippen molar-refractivity contribution in [2.24, 2.45) is 0 Å². The normalized spacial score (nSPS) is 15.4. The van der Waals surface area contributed by atoms with Crippen molar-refractivity contribution in [3.05, 3.63) is 77.1 Å².